The maximum atomic E-state index is 13.4. The third-order valence-electron chi connectivity index (χ3n) is 2.86. The van der Waals surface area contributed by atoms with Crippen LogP contribution in [0.5, 0.6) is 0 Å². The lowest BCUT2D eigenvalue weighted by Gasteiger charge is -2.31. The number of benzene rings is 1. The van der Waals surface area contributed by atoms with Crippen molar-refractivity contribution in [2.75, 3.05) is 19.6 Å². The van der Waals surface area contributed by atoms with Crippen molar-refractivity contribution in [3.63, 3.8) is 0 Å². The zero-order valence-corrected chi connectivity index (χ0v) is 10.6. The molecule has 1 aromatic rings. The Morgan fingerprint density at radius 1 is 1.41 bits per heavy atom. The fraction of sp³-hybridized carbons (Fsp3) is 0.500. The molecule has 1 heterocycles. The Hall–Kier alpha value is -0.710. The Balaban J connectivity index is 0.00000144. The third kappa shape index (κ3) is 3.91. The highest BCUT2D eigenvalue weighted by atomic mass is 35.5. The molecule has 1 saturated heterocycles. The van der Waals surface area contributed by atoms with Crippen LogP contribution in [0.4, 0.5) is 8.78 Å². The average molecular weight is 263 g/mol. The predicted molar refractivity (Wildman–Crippen MR) is 66.3 cm³/mol. The first-order chi connectivity index (χ1) is 7.65. The monoisotopic (exact) mass is 262 g/mol. The Morgan fingerprint density at radius 2 is 2.18 bits per heavy atom. The van der Waals surface area contributed by atoms with E-state index in [9.17, 15) is 8.78 Å². The van der Waals surface area contributed by atoms with Gasteiger partial charge in [-0.05, 0) is 13.0 Å². The van der Waals surface area contributed by atoms with Gasteiger partial charge >= 0.3 is 0 Å². The SMILES string of the molecule is CC1CN(Cc2ccc(F)cc2F)CCN1.Cl. The molecule has 1 fully saturated rings. The van der Waals surface area contributed by atoms with Gasteiger partial charge in [-0.1, -0.05) is 6.07 Å². The Bertz CT molecular complexity index is 374. The molecule has 0 saturated carbocycles. The van der Waals surface area contributed by atoms with Gasteiger partial charge in [0.05, 0.1) is 0 Å². The molecule has 5 heteroatoms. The summed E-state index contributed by atoms with van der Waals surface area (Å²) >= 11 is 0. The molecule has 1 aromatic carbocycles. The van der Waals surface area contributed by atoms with Crippen LogP contribution in [-0.4, -0.2) is 30.6 Å². The molecule has 2 nitrogen and oxygen atoms in total. The van der Waals surface area contributed by atoms with E-state index < -0.39 is 11.6 Å². The zero-order valence-electron chi connectivity index (χ0n) is 9.75. The van der Waals surface area contributed by atoms with Gasteiger partial charge in [0.1, 0.15) is 11.6 Å². The van der Waals surface area contributed by atoms with Crippen molar-refractivity contribution in [2.24, 2.45) is 0 Å². The summed E-state index contributed by atoms with van der Waals surface area (Å²) < 4.78 is 26.1. The second-order valence-electron chi connectivity index (χ2n) is 4.33. The van der Waals surface area contributed by atoms with Crippen molar-refractivity contribution < 1.29 is 8.78 Å². The van der Waals surface area contributed by atoms with Gasteiger partial charge in [0, 0.05) is 43.9 Å². The topological polar surface area (TPSA) is 15.3 Å². The summed E-state index contributed by atoms with van der Waals surface area (Å²) in [6.45, 7) is 5.38. The van der Waals surface area contributed by atoms with Gasteiger partial charge < -0.3 is 5.32 Å². The minimum atomic E-state index is -0.519. The van der Waals surface area contributed by atoms with Crippen LogP contribution >= 0.6 is 12.4 Å². The molecule has 0 spiro atoms. The van der Waals surface area contributed by atoms with E-state index in [2.05, 4.69) is 17.1 Å². The second kappa shape index (κ2) is 6.28. The van der Waals surface area contributed by atoms with E-state index in [1.807, 2.05) is 0 Å². The number of piperazine rings is 1. The normalized spacial score (nSPS) is 21.0. The van der Waals surface area contributed by atoms with E-state index in [0.29, 0.717) is 18.2 Å². The molecular weight excluding hydrogens is 246 g/mol. The lowest BCUT2D eigenvalue weighted by molar-refractivity contribution is 0.197. The predicted octanol–water partition coefficient (Wildman–Crippen LogP) is 2.18. The van der Waals surface area contributed by atoms with Gasteiger partial charge in [0.25, 0.3) is 0 Å². The molecule has 2 rings (SSSR count). The number of hydrogen-bond donors (Lipinski definition) is 1. The van der Waals surface area contributed by atoms with E-state index in [0.717, 1.165) is 25.7 Å². The zero-order chi connectivity index (χ0) is 11.5. The molecule has 17 heavy (non-hydrogen) atoms. The second-order valence-corrected chi connectivity index (χ2v) is 4.33. The highest BCUT2D eigenvalue weighted by Crippen LogP contribution is 2.13. The van der Waals surface area contributed by atoms with E-state index in [1.165, 1.54) is 12.1 Å². The number of nitrogens with one attached hydrogen (secondary N) is 1. The summed E-state index contributed by atoms with van der Waals surface area (Å²) in [5, 5.41) is 3.33. The Kier molecular flexibility index (Phi) is 5.31. The average Bonchev–Trinajstić information content (AvgIpc) is 2.22. The number of nitrogens with zero attached hydrogens (tertiary/aromatic N) is 1. The molecule has 1 aliphatic heterocycles. The van der Waals surface area contributed by atoms with Crippen LogP contribution in [0.15, 0.2) is 18.2 Å². The quantitative estimate of drug-likeness (QED) is 0.879. The molecule has 1 N–H and O–H groups in total. The van der Waals surface area contributed by atoms with Crippen LogP contribution in [0.1, 0.15) is 12.5 Å². The summed E-state index contributed by atoms with van der Waals surface area (Å²) in [6.07, 6.45) is 0. The first kappa shape index (κ1) is 14.4. The molecular formula is C12H17ClF2N2. The fourth-order valence-corrected chi connectivity index (χ4v) is 2.05. The highest BCUT2D eigenvalue weighted by molar-refractivity contribution is 5.85. The van der Waals surface area contributed by atoms with Gasteiger partial charge in [-0.25, -0.2) is 8.78 Å². The van der Waals surface area contributed by atoms with Crippen molar-refractivity contribution in [3.8, 4) is 0 Å². The smallest absolute Gasteiger partial charge is 0.130 e. The minimum Gasteiger partial charge on any atom is -0.312 e. The molecule has 0 bridgehead atoms. The summed E-state index contributed by atoms with van der Waals surface area (Å²) in [6, 6.07) is 4.21. The highest BCUT2D eigenvalue weighted by Gasteiger charge is 2.16. The van der Waals surface area contributed by atoms with Gasteiger partial charge in [0.15, 0.2) is 0 Å². The molecule has 0 aromatic heterocycles. The largest absolute Gasteiger partial charge is 0.312 e. The Morgan fingerprint density at radius 3 is 2.82 bits per heavy atom. The van der Waals surface area contributed by atoms with Crippen molar-refractivity contribution in [2.45, 2.75) is 19.5 Å². The fourth-order valence-electron chi connectivity index (χ4n) is 2.05. The van der Waals surface area contributed by atoms with Gasteiger partial charge in [-0.2, -0.15) is 0 Å². The van der Waals surface area contributed by atoms with Crippen molar-refractivity contribution in [1.82, 2.24) is 10.2 Å². The molecule has 1 atom stereocenters. The van der Waals surface area contributed by atoms with Crippen LogP contribution < -0.4 is 5.32 Å². The number of hydrogen-bond acceptors (Lipinski definition) is 2. The summed E-state index contributed by atoms with van der Waals surface area (Å²) in [7, 11) is 0. The van der Waals surface area contributed by atoms with Crippen molar-refractivity contribution in [1.29, 1.82) is 0 Å². The summed E-state index contributed by atoms with van der Waals surface area (Å²) in [4.78, 5) is 2.18. The summed E-state index contributed by atoms with van der Waals surface area (Å²) in [5.74, 6) is -0.971. The first-order valence-electron chi connectivity index (χ1n) is 5.55. The molecule has 0 radical (unpaired) electrons. The van der Waals surface area contributed by atoms with E-state index in [1.54, 1.807) is 0 Å². The lowest BCUT2D eigenvalue weighted by Crippen LogP contribution is -2.48. The maximum absolute atomic E-state index is 13.4. The van der Waals surface area contributed by atoms with Crippen LogP contribution in [0, 0.1) is 11.6 Å². The summed E-state index contributed by atoms with van der Waals surface area (Å²) in [5.41, 5.74) is 0.565. The van der Waals surface area contributed by atoms with Crippen LogP contribution in [0.25, 0.3) is 0 Å². The Labute approximate surface area is 106 Å². The van der Waals surface area contributed by atoms with E-state index in [4.69, 9.17) is 0 Å². The van der Waals surface area contributed by atoms with Crippen LogP contribution in [0.3, 0.4) is 0 Å². The molecule has 96 valence electrons. The standard InChI is InChI=1S/C12H16F2N2.ClH/c1-9-7-16(5-4-15-9)8-10-2-3-11(13)6-12(10)14;/h2-3,6,9,15H,4-5,7-8H2,1H3;1H. The molecule has 1 unspecified atom stereocenters. The molecule has 0 amide bonds. The number of halogens is 3. The first-order valence-corrected chi connectivity index (χ1v) is 5.55. The van der Waals surface area contributed by atoms with Crippen LogP contribution in [0.2, 0.25) is 0 Å². The lowest BCUT2D eigenvalue weighted by atomic mass is 10.1. The van der Waals surface area contributed by atoms with E-state index >= 15 is 0 Å². The van der Waals surface area contributed by atoms with Crippen molar-refractivity contribution in [3.05, 3.63) is 35.4 Å². The van der Waals surface area contributed by atoms with E-state index in [-0.39, 0.29) is 12.4 Å². The minimum absolute atomic E-state index is 0. The van der Waals surface area contributed by atoms with Gasteiger partial charge in [0.2, 0.25) is 0 Å². The third-order valence-corrected chi connectivity index (χ3v) is 2.86. The number of rotatable bonds is 2. The maximum Gasteiger partial charge on any atom is 0.130 e. The van der Waals surface area contributed by atoms with Gasteiger partial charge in [-0.3, -0.25) is 4.90 Å². The van der Waals surface area contributed by atoms with Crippen molar-refractivity contribution >= 4 is 12.4 Å². The van der Waals surface area contributed by atoms with Crippen LogP contribution in [-0.2, 0) is 6.54 Å². The molecule has 1 aliphatic rings. The van der Waals surface area contributed by atoms with Gasteiger partial charge in [-0.15, -0.1) is 12.4 Å². The molecule has 0 aliphatic carbocycles.